The largest absolute Gasteiger partial charge is 0.314 e. The van der Waals surface area contributed by atoms with Crippen LogP contribution in [0.3, 0.4) is 0 Å². The highest BCUT2D eigenvalue weighted by atomic mass is 35.5. The number of hydrogen-bond acceptors (Lipinski definition) is 2. The molecule has 0 radical (unpaired) electrons. The molecule has 1 atom stereocenters. The summed E-state index contributed by atoms with van der Waals surface area (Å²) in [4.78, 5) is 2.46. The number of benzene rings is 1. The van der Waals surface area contributed by atoms with E-state index in [1.807, 2.05) is 6.07 Å². The lowest BCUT2D eigenvalue weighted by molar-refractivity contribution is 0.163. The zero-order valence-electron chi connectivity index (χ0n) is 12.3. The maximum atomic E-state index is 13.2. The van der Waals surface area contributed by atoms with E-state index in [-0.39, 0.29) is 30.6 Å². The Morgan fingerprint density at radius 2 is 1.95 bits per heavy atom. The average molecular weight is 358 g/mol. The highest BCUT2D eigenvalue weighted by molar-refractivity contribution is 6.31. The van der Waals surface area contributed by atoms with Gasteiger partial charge >= 0.3 is 0 Å². The van der Waals surface area contributed by atoms with Crippen LogP contribution in [-0.4, -0.2) is 31.1 Å². The molecular weight excluding hydrogens is 334 g/mol. The van der Waals surface area contributed by atoms with Crippen molar-refractivity contribution in [1.29, 1.82) is 0 Å². The molecule has 0 spiro atoms. The van der Waals surface area contributed by atoms with Crippen LogP contribution in [-0.2, 0) is 0 Å². The molecule has 0 unspecified atom stereocenters. The summed E-state index contributed by atoms with van der Waals surface area (Å²) >= 11 is 6.24. The van der Waals surface area contributed by atoms with E-state index >= 15 is 0 Å². The minimum Gasteiger partial charge on any atom is -0.314 e. The monoisotopic (exact) mass is 356 g/mol. The van der Waals surface area contributed by atoms with Crippen LogP contribution in [0.15, 0.2) is 18.2 Å². The first kappa shape index (κ1) is 20.9. The summed E-state index contributed by atoms with van der Waals surface area (Å²) < 4.78 is 13.2. The fourth-order valence-electron chi connectivity index (χ4n) is 2.70. The van der Waals surface area contributed by atoms with Crippen molar-refractivity contribution in [3.63, 3.8) is 0 Å². The second kappa shape index (κ2) is 10.6. The third-order valence-electron chi connectivity index (χ3n) is 3.74. The molecule has 1 aromatic rings. The van der Waals surface area contributed by atoms with Gasteiger partial charge in [0, 0.05) is 37.2 Å². The number of piperazine rings is 1. The molecule has 0 bridgehead atoms. The van der Waals surface area contributed by atoms with Gasteiger partial charge in [-0.25, -0.2) is 4.39 Å². The predicted molar refractivity (Wildman–Crippen MR) is 92.6 cm³/mol. The van der Waals surface area contributed by atoms with Gasteiger partial charge in [0.15, 0.2) is 0 Å². The minimum absolute atomic E-state index is 0. The summed E-state index contributed by atoms with van der Waals surface area (Å²) in [6, 6.07) is 5.11. The maximum absolute atomic E-state index is 13.2. The third-order valence-corrected chi connectivity index (χ3v) is 4.07. The maximum Gasteiger partial charge on any atom is 0.124 e. The zero-order chi connectivity index (χ0) is 13.7. The minimum atomic E-state index is -0.261. The van der Waals surface area contributed by atoms with Crippen LogP contribution in [0.25, 0.3) is 0 Å². The molecule has 0 aromatic heterocycles. The summed E-state index contributed by atoms with van der Waals surface area (Å²) in [7, 11) is 0. The van der Waals surface area contributed by atoms with Crippen LogP contribution in [0.1, 0.15) is 37.8 Å². The van der Waals surface area contributed by atoms with Crippen molar-refractivity contribution >= 4 is 36.4 Å². The summed E-state index contributed by atoms with van der Waals surface area (Å²) in [6.45, 7) is 6.29. The Kier molecular flexibility index (Phi) is 10.6. The van der Waals surface area contributed by atoms with E-state index in [9.17, 15) is 4.39 Å². The topological polar surface area (TPSA) is 15.3 Å². The highest BCUT2D eigenvalue weighted by Crippen LogP contribution is 2.32. The third kappa shape index (κ3) is 5.91. The van der Waals surface area contributed by atoms with E-state index in [4.69, 9.17) is 11.6 Å². The van der Waals surface area contributed by atoms with Gasteiger partial charge in [0.2, 0.25) is 0 Å². The number of halogens is 4. The van der Waals surface area contributed by atoms with Gasteiger partial charge < -0.3 is 5.32 Å². The summed E-state index contributed by atoms with van der Waals surface area (Å²) in [5.41, 5.74) is 1.07. The molecule has 1 aliphatic heterocycles. The molecule has 0 saturated carbocycles. The first-order chi connectivity index (χ1) is 9.22. The molecule has 1 aliphatic rings. The van der Waals surface area contributed by atoms with Crippen molar-refractivity contribution in [3.8, 4) is 0 Å². The molecule has 122 valence electrons. The smallest absolute Gasteiger partial charge is 0.124 e. The highest BCUT2D eigenvalue weighted by Gasteiger charge is 2.23. The van der Waals surface area contributed by atoms with Gasteiger partial charge in [-0.2, -0.15) is 0 Å². The predicted octanol–water partition coefficient (Wildman–Crippen LogP) is 4.46. The zero-order valence-corrected chi connectivity index (χ0v) is 14.7. The van der Waals surface area contributed by atoms with Crippen molar-refractivity contribution in [2.24, 2.45) is 0 Å². The van der Waals surface area contributed by atoms with Gasteiger partial charge in [0.1, 0.15) is 5.82 Å². The molecular formula is C15H24Cl3FN2. The van der Waals surface area contributed by atoms with Crippen molar-refractivity contribution in [2.45, 2.75) is 32.2 Å². The van der Waals surface area contributed by atoms with Crippen LogP contribution in [0.2, 0.25) is 5.02 Å². The van der Waals surface area contributed by atoms with Crippen molar-refractivity contribution < 1.29 is 4.39 Å². The molecule has 1 aromatic carbocycles. The number of nitrogens with one attached hydrogen (secondary N) is 1. The quantitative estimate of drug-likeness (QED) is 0.837. The van der Waals surface area contributed by atoms with Gasteiger partial charge in [-0.05, 0) is 24.1 Å². The molecule has 1 heterocycles. The molecule has 2 rings (SSSR count). The molecule has 2 nitrogen and oxygen atoms in total. The SMILES string of the molecule is CCCC[C@@H](c1ccc(F)cc1Cl)N1CCNCC1.Cl.Cl. The Labute approximate surface area is 144 Å². The fourth-order valence-corrected chi connectivity index (χ4v) is 2.99. The fraction of sp³-hybridized carbons (Fsp3) is 0.600. The van der Waals surface area contributed by atoms with Gasteiger partial charge in [-0.15, -0.1) is 24.8 Å². The normalized spacial score (nSPS) is 16.7. The molecule has 1 N–H and O–H groups in total. The lowest BCUT2D eigenvalue weighted by atomic mass is 9.98. The second-order valence-corrected chi connectivity index (χ2v) is 5.52. The van der Waals surface area contributed by atoms with E-state index < -0.39 is 0 Å². The number of unbranched alkanes of at least 4 members (excludes halogenated alkanes) is 1. The molecule has 0 amide bonds. The van der Waals surface area contributed by atoms with E-state index in [0.717, 1.165) is 38.2 Å². The van der Waals surface area contributed by atoms with Crippen LogP contribution in [0.5, 0.6) is 0 Å². The number of hydrogen-bond donors (Lipinski definition) is 1. The lowest BCUT2D eigenvalue weighted by Crippen LogP contribution is -2.45. The second-order valence-electron chi connectivity index (χ2n) is 5.11. The first-order valence-electron chi connectivity index (χ1n) is 7.12. The van der Waals surface area contributed by atoms with E-state index in [1.165, 1.54) is 25.0 Å². The molecule has 0 aliphatic carbocycles. The Bertz CT molecular complexity index is 412. The van der Waals surface area contributed by atoms with Gasteiger partial charge in [0.25, 0.3) is 0 Å². The van der Waals surface area contributed by atoms with Crippen LogP contribution in [0.4, 0.5) is 4.39 Å². The van der Waals surface area contributed by atoms with E-state index in [2.05, 4.69) is 17.1 Å². The lowest BCUT2D eigenvalue weighted by Gasteiger charge is -2.35. The Hall–Kier alpha value is -0.0600. The van der Waals surface area contributed by atoms with E-state index in [1.54, 1.807) is 0 Å². The van der Waals surface area contributed by atoms with Crippen LogP contribution in [0, 0.1) is 5.82 Å². The Morgan fingerprint density at radius 3 is 2.52 bits per heavy atom. The average Bonchev–Trinajstić information content (AvgIpc) is 2.42. The molecule has 6 heteroatoms. The standard InChI is InChI=1S/C15H22ClFN2.2ClH/c1-2-3-4-15(19-9-7-18-8-10-19)13-6-5-12(17)11-14(13)16;;/h5-6,11,15,18H,2-4,7-10H2,1H3;2*1H/t15-;;/m0../s1. The summed E-state index contributed by atoms with van der Waals surface area (Å²) in [5.74, 6) is -0.261. The molecule has 1 fully saturated rings. The first-order valence-corrected chi connectivity index (χ1v) is 7.50. The van der Waals surface area contributed by atoms with Gasteiger partial charge in [0.05, 0.1) is 0 Å². The van der Waals surface area contributed by atoms with Crippen LogP contribution >= 0.6 is 36.4 Å². The molecule has 21 heavy (non-hydrogen) atoms. The summed E-state index contributed by atoms with van der Waals surface area (Å²) in [5, 5.41) is 3.92. The number of rotatable bonds is 5. The van der Waals surface area contributed by atoms with Gasteiger partial charge in [-0.1, -0.05) is 37.4 Å². The van der Waals surface area contributed by atoms with Crippen LogP contribution < -0.4 is 5.32 Å². The Balaban J connectivity index is 0.00000200. The van der Waals surface area contributed by atoms with Gasteiger partial charge in [-0.3, -0.25) is 4.90 Å². The van der Waals surface area contributed by atoms with Crippen molar-refractivity contribution in [3.05, 3.63) is 34.6 Å². The Morgan fingerprint density at radius 1 is 1.29 bits per heavy atom. The van der Waals surface area contributed by atoms with Crippen molar-refractivity contribution in [2.75, 3.05) is 26.2 Å². The summed E-state index contributed by atoms with van der Waals surface area (Å²) in [6.07, 6.45) is 3.42. The van der Waals surface area contributed by atoms with Crippen molar-refractivity contribution in [1.82, 2.24) is 10.2 Å². The van der Waals surface area contributed by atoms with E-state index in [0.29, 0.717) is 11.1 Å². The number of nitrogens with zero attached hydrogens (tertiary/aromatic N) is 1. The molecule has 1 saturated heterocycles.